The van der Waals surface area contributed by atoms with Crippen molar-refractivity contribution in [2.45, 2.75) is 75.2 Å². The van der Waals surface area contributed by atoms with Crippen LogP contribution in [0.15, 0.2) is 126 Å². The fourth-order valence-corrected chi connectivity index (χ4v) is 7.21. The Balaban J connectivity index is 1.00. The molecule has 0 radical (unpaired) electrons. The van der Waals surface area contributed by atoms with E-state index in [0.29, 0.717) is 60.8 Å². The maximum absolute atomic E-state index is 12.6. The highest BCUT2D eigenvalue weighted by molar-refractivity contribution is 7.99. The fraction of sp³-hybridized carbons (Fsp3) is 0.279. The average Bonchev–Trinajstić information content (AvgIpc) is 3.20. The van der Waals surface area contributed by atoms with Crippen molar-refractivity contribution in [1.82, 2.24) is 5.32 Å². The molecule has 1 aromatic heterocycles. The number of aromatic nitrogens is 1. The van der Waals surface area contributed by atoms with Crippen LogP contribution >= 0.6 is 11.8 Å². The normalized spacial score (nSPS) is 16.8. The van der Waals surface area contributed by atoms with Gasteiger partial charge in [-0.15, -0.1) is 0 Å². The van der Waals surface area contributed by atoms with Gasteiger partial charge in [0.05, 0.1) is 30.2 Å². The van der Waals surface area contributed by atoms with E-state index in [0.717, 1.165) is 44.5 Å². The SMILES string of the molecule is Nc1ccccc1NC(=O)CCCCCC(=O)NCc1cccc(-c2ccc(C3OC(CSc4cccc[n+]4[O-])CC(c4ccc(CO)cc4)O3)cc2)c1. The Hall–Kier alpha value is -5.20. The summed E-state index contributed by atoms with van der Waals surface area (Å²) in [6.07, 6.45) is 4.07. The number of aliphatic hydroxyl groups excluding tert-OH is 1. The lowest BCUT2D eigenvalue weighted by molar-refractivity contribution is -0.645. The van der Waals surface area contributed by atoms with Gasteiger partial charge in [0.25, 0.3) is 5.03 Å². The molecule has 3 unspecified atom stereocenters. The molecular weight excluding hydrogens is 701 g/mol. The summed E-state index contributed by atoms with van der Waals surface area (Å²) in [5.74, 6) is 0.484. The minimum atomic E-state index is -0.608. The van der Waals surface area contributed by atoms with Crippen LogP contribution in [-0.2, 0) is 32.2 Å². The molecule has 2 heterocycles. The first kappa shape index (κ1) is 38.5. The molecule has 1 aliphatic rings. The average molecular weight is 747 g/mol. The lowest BCUT2D eigenvalue weighted by Crippen LogP contribution is -2.32. The van der Waals surface area contributed by atoms with E-state index in [1.807, 2.05) is 84.9 Å². The van der Waals surface area contributed by atoms with E-state index in [1.165, 1.54) is 18.0 Å². The lowest BCUT2D eigenvalue weighted by Gasteiger charge is -2.36. The molecule has 3 atom stereocenters. The second-order valence-corrected chi connectivity index (χ2v) is 14.4. The second kappa shape index (κ2) is 19.2. The van der Waals surface area contributed by atoms with Crippen molar-refractivity contribution in [3.05, 3.63) is 149 Å². The summed E-state index contributed by atoms with van der Waals surface area (Å²) in [6, 6.07) is 36.5. The number of nitrogens with zero attached hydrogens (tertiary/aromatic N) is 1. The van der Waals surface area contributed by atoms with Crippen molar-refractivity contribution in [1.29, 1.82) is 0 Å². The van der Waals surface area contributed by atoms with Gasteiger partial charge in [0.2, 0.25) is 11.8 Å². The summed E-state index contributed by atoms with van der Waals surface area (Å²) >= 11 is 1.46. The summed E-state index contributed by atoms with van der Waals surface area (Å²) in [5.41, 5.74) is 12.8. The Bertz CT molecular complexity index is 1990. The summed E-state index contributed by atoms with van der Waals surface area (Å²) in [6.45, 7) is 0.398. The molecule has 6 rings (SSSR count). The molecule has 2 amide bonds. The van der Waals surface area contributed by atoms with Crippen LogP contribution in [0.2, 0.25) is 0 Å². The number of carbonyl (C=O) groups is 2. The number of rotatable bonds is 16. The molecule has 1 fully saturated rings. The first-order valence-electron chi connectivity index (χ1n) is 18.3. The van der Waals surface area contributed by atoms with Gasteiger partial charge in [0.15, 0.2) is 12.5 Å². The molecule has 1 saturated heterocycles. The summed E-state index contributed by atoms with van der Waals surface area (Å²) in [4.78, 5) is 24.8. The number of nitrogen functional groups attached to an aromatic ring is 1. The number of thioether (sulfide) groups is 1. The lowest BCUT2D eigenvalue weighted by atomic mass is 9.99. The zero-order chi connectivity index (χ0) is 37.7. The Morgan fingerprint density at radius 2 is 1.54 bits per heavy atom. The van der Waals surface area contributed by atoms with E-state index in [1.54, 1.807) is 24.3 Å². The molecule has 11 heteroatoms. The van der Waals surface area contributed by atoms with Crippen LogP contribution in [0.1, 0.15) is 73.2 Å². The highest BCUT2D eigenvalue weighted by Gasteiger charge is 2.32. The third kappa shape index (κ3) is 10.9. The van der Waals surface area contributed by atoms with E-state index in [2.05, 4.69) is 16.7 Å². The van der Waals surface area contributed by atoms with Crippen molar-refractivity contribution in [3.63, 3.8) is 0 Å². The first-order valence-corrected chi connectivity index (χ1v) is 19.2. The standard InChI is InChI=1S/C43H46N4O6S/c44-37-11-4-5-12-38(37)46-41(50)14-3-1-2-13-40(49)45-27-31-9-8-10-35(25-31)32-20-22-34(23-21-32)43-52-36(29-54-42-15-6-7-24-47(42)51)26-39(53-43)33-18-16-30(28-48)17-19-33/h4-12,15-25,36,39,43,48H,1-3,13-14,26-29,44H2,(H,45,49)(H,46,50). The van der Waals surface area contributed by atoms with Crippen molar-refractivity contribution in [2.24, 2.45) is 0 Å². The van der Waals surface area contributed by atoms with Crippen LogP contribution in [-0.4, -0.2) is 28.8 Å². The second-order valence-electron chi connectivity index (χ2n) is 13.3. The van der Waals surface area contributed by atoms with Crippen LogP contribution in [0.3, 0.4) is 0 Å². The number of ether oxygens (including phenoxy) is 2. The maximum Gasteiger partial charge on any atom is 0.251 e. The minimum Gasteiger partial charge on any atom is -0.618 e. The van der Waals surface area contributed by atoms with Crippen LogP contribution < -0.4 is 21.1 Å². The number of amides is 2. The third-order valence-corrected chi connectivity index (χ3v) is 10.4. The number of benzene rings is 4. The summed E-state index contributed by atoms with van der Waals surface area (Å²) in [7, 11) is 0. The molecule has 0 spiro atoms. The predicted molar refractivity (Wildman–Crippen MR) is 211 cm³/mol. The van der Waals surface area contributed by atoms with E-state index in [4.69, 9.17) is 15.2 Å². The summed E-state index contributed by atoms with van der Waals surface area (Å²) in [5, 5.41) is 28.3. The fourth-order valence-electron chi connectivity index (χ4n) is 6.28. The van der Waals surface area contributed by atoms with Crippen LogP contribution in [0.5, 0.6) is 0 Å². The first-order chi connectivity index (χ1) is 26.3. The highest BCUT2D eigenvalue weighted by atomic mass is 32.2. The smallest absolute Gasteiger partial charge is 0.251 e. The maximum atomic E-state index is 12.6. The Morgan fingerprint density at radius 1 is 0.796 bits per heavy atom. The largest absolute Gasteiger partial charge is 0.618 e. The molecule has 10 nitrogen and oxygen atoms in total. The van der Waals surface area contributed by atoms with Crippen LogP contribution in [0, 0.1) is 5.21 Å². The number of hydrogen-bond acceptors (Lipinski definition) is 8. The van der Waals surface area contributed by atoms with Crippen molar-refractivity contribution >= 4 is 35.0 Å². The number of carbonyl (C=O) groups excluding carboxylic acids is 2. The van der Waals surface area contributed by atoms with Crippen LogP contribution in [0.25, 0.3) is 11.1 Å². The highest BCUT2D eigenvalue weighted by Crippen LogP contribution is 2.39. The Labute approximate surface area is 320 Å². The van der Waals surface area contributed by atoms with E-state index in [-0.39, 0.29) is 30.6 Å². The van der Waals surface area contributed by atoms with Crippen molar-refractivity contribution in [3.8, 4) is 11.1 Å². The van der Waals surface area contributed by atoms with Gasteiger partial charge in [-0.2, -0.15) is 4.73 Å². The quantitative estimate of drug-likeness (QED) is 0.0265. The zero-order valence-electron chi connectivity index (χ0n) is 30.1. The molecule has 5 aromatic rings. The third-order valence-electron chi connectivity index (χ3n) is 9.30. The molecule has 0 saturated carbocycles. The van der Waals surface area contributed by atoms with Gasteiger partial charge >= 0.3 is 0 Å². The van der Waals surface area contributed by atoms with E-state index >= 15 is 0 Å². The molecule has 0 aliphatic carbocycles. The van der Waals surface area contributed by atoms with Crippen molar-refractivity contribution < 1.29 is 28.9 Å². The molecule has 1 aliphatic heterocycles. The van der Waals surface area contributed by atoms with Gasteiger partial charge in [-0.05, 0) is 64.9 Å². The molecule has 0 bridgehead atoms. The number of para-hydroxylation sites is 2. The van der Waals surface area contributed by atoms with E-state index < -0.39 is 6.29 Å². The molecular formula is C43H46N4O6S. The van der Waals surface area contributed by atoms with E-state index in [9.17, 15) is 19.9 Å². The molecule has 280 valence electrons. The minimum absolute atomic E-state index is 0.0194. The Kier molecular flexibility index (Phi) is 13.7. The van der Waals surface area contributed by atoms with Gasteiger partial charge in [0.1, 0.15) is 0 Å². The number of anilines is 2. The monoisotopic (exact) mass is 746 g/mol. The zero-order valence-corrected chi connectivity index (χ0v) is 30.9. The van der Waals surface area contributed by atoms with Crippen LogP contribution in [0.4, 0.5) is 11.4 Å². The topological polar surface area (TPSA) is 150 Å². The molecule has 5 N–H and O–H groups in total. The number of hydrogen-bond donors (Lipinski definition) is 4. The van der Waals surface area contributed by atoms with Gasteiger partial charge in [-0.1, -0.05) is 97.0 Å². The van der Waals surface area contributed by atoms with Gasteiger partial charge < -0.3 is 36.2 Å². The summed E-state index contributed by atoms with van der Waals surface area (Å²) < 4.78 is 13.8. The predicted octanol–water partition coefficient (Wildman–Crippen LogP) is 7.60. The van der Waals surface area contributed by atoms with Crippen molar-refractivity contribution in [2.75, 3.05) is 16.8 Å². The number of aliphatic hydroxyl groups is 1. The number of nitrogens with two attached hydrogens (primary N) is 1. The Morgan fingerprint density at radius 3 is 2.30 bits per heavy atom. The number of unbranched alkanes of at least 4 members (excludes halogenated alkanes) is 2. The molecule has 4 aromatic carbocycles. The molecule has 54 heavy (non-hydrogen) atoms. The van der Waals surface area contributed by atoms with Gasteiger partial charge in [-0.25, -0.2) is 0 Å². The number of nitrogens with one attached hydrogen (secondary N) is 2. The van der Waals surface area contributed by atoms with Gasteiger partial charge in [-0.3, -0.25) is 9.59 Å². The number of pyridine rings is 1. The van der Waals surface area contributed by atoms with Gasteiger partial charge in [0, 0.05) is 49.3 Å².